The molecular weight excluding hydrogens is 246 g/mol. The van der Waals surface area contributed by atoms with Crippen LogP contribution in [0.2, 0.25) is 0 Å². The van der Waals surface area contributed by atoms with Crippen LogP contribution in [0.5, 0.6) is 0 Å². The highest BCUT2D eigenvalue weighted by Gasteiger charge is 2.07. The molecule has 4 rings (SSSR count). The number of hydrogen-bond acceptors (Lipinski definition) is 1. The van der Waals surface area contributed by atoms with Crippen molar-refractivity contribution in [1.82, 2.24) is 15.0 Å². The number of nitrogens with one attached hydrogen (secondary N) is 2. The summed E-state index contributed by atoms with van der Waals surface area (Å²) in [6.45, 7) is 0. The Morgan fingerprint density at radius 2 is 1.40 bits per heavy atom. The van der Waals surface area contributed by atoms with Gasteiger partial charge in [0, 0.05) is 5.69 Å². The van der Waals surface area contributed by atoms with Gasteiger partial charge in [0.15, 0.2) is 5.82 Å². The first kappa shape index (κ1) is 11.1. The van der Waals surface area contributed by atoms with Gasteiger partial charge in [-0.1, -0.05) is 42.5 Å². The summed E-state index contributed by atoms with van der Waals surface area (Å²) in [5.41, 5.74) is 5.31. The first-order valence-corrected chi connectivity index (χ1v) is 6.60. The molecule has 0 spiro atoms. The molecule has 0 radical (unpaired) electrons. The largest absolute Gasteiger partial charge is 0.352 e. The van der Waals surface area contributed by atoms with Gasteiger partial charge in [0.1, 0.15) is 0 Å². The van der Waals surface area contributed by atoms with Crippen LogP contribution >= 0.6 is 0 Å². The van der Waals surface area contributed by atoms with Crippen molar-refractivity contribution < 1.29 is 0 Å². The van der Waals surface area contributed by atoms with E-state index in [4.69, 9.17) is 0 Å². The molecule has 0 saturated carbocycles. The van der Waals surface area contributed by atoms with Crippen LogP contribution in [0.4, 0.5) is 0 Å². The standard InChI is InChI=1S/C17H13N3/c1-2-6-12(7-3-1)13-10-11-16(18-13)17-19-14-8-4-5-9-15(14)20-17/h1-11,18H,(H,19,20). The van der Waals surface area contributed by atoms with E-state index in [1.54, 1.807) is 0 Å². The third-order valence-electron chi connectivity index (χ3n) is 3.42. The molecule has 4 aromatic rings. The highest BCUT2D eigenvalue weighted by molar-refractivity contribution is 5.79. The van der Waals surface area contributed by atoms with Crippen LogP contribution < -0.4 is 0 Å². The maximum atomic E-state index is 4.60. The Morgan fingerprint density at radius 3 is 2.25 bits per heavy atom. The average Bonchev–Trinajstić information content (AvgIpc) is 3.14. The molecule has 0 atom stereocenters. The minimum atomic E-state index is 0.869. The third kappa shape index (κ3) is 1.80. The fourth-order valence-corrected chi connectivity index (χ4v) is 2.40. The molecule has 2 heterocycles. The van der Waals surface area contributed by atoms with Gasteiger partial charge in [-0.25, -0.2) is 4.98 Å². The van der Waals surface area contributed by atoms with Crippen LogP contribution in [-0.4, -0.2) is 15.0 Å². The summed E-state index contributed by atoms with van der Waals surface area (Å²) >= 11 is 0. The van der Waals surface area contributed by atoms with E-state index in [1.165, 1.54) is 5.56 Å². The minimum Gasteiger partial charge on any atom is -0.352 e. The molecule has 3 heteroatoms. The Balaban J connectivity index is 1.78. The number of aromatic amines is 2. The van der Waals surface area contributed by atoms with Gasteiger partial charge in [-0.2, -0.15) is 0 Å². The van der Waals surface area contributed by atoms with Crippen molar-refractivity contribution >= 4 is 11.0 Å². The summed E-state index contributed by atoms with van der Waals surface area (Å²) in [6.07, 6.45) is 0. The van der Waals surface area contributed by atoms with Crippen LogP contribution in [0.25, 0.3) is 33.8 Å². The van der Waals surface area contributed by atoms with Gasteiger partial charge in [-0.3, -0.25) is 0 Å². The molecule has 0 aliphatic heterocycles. The van der Waals surface area contributed by atoms with E-state index in [-0.39, 0.29) is 0 Å². The number of hydrogen-bond donors (Lipinski definition) is 2. The second-order valence-corrected chi connectivity index (χ2v) is 4.75. The monoisotopic (exact) mass is 259 g/mol. The topological polar surface area (TPSA) is 44.5 Å². The predicted octanol–water partition coefficient (Wildman–Crippen LogP) is 4.23. The average molecular weight is 259 g/mol. The molecule has 0 fully saturated rings. The second-order valence-electron chi connectivity index (χ2n) is 4.75. The maximum absolute atomic E-state index is 4.60. The van der Waals surface area contributed by atoms with Gasteiger partial charge >= 0.3 is 0 Å². The Bertz CT molecular complexity index is 823. The van der Waals surface area contributed by atoms with Crippen LogP contribution in [0, 0.1) is 0 Å². The lowest BCUT2D eigenvalue weighted by atomic mass is 10.2. The third-order valence-corrected chi connectivity index (χ3v) is 3.42. The van der Waals surface area contributed by atoms with Crippen LogP contribution in [0.1, 0.15) is 0 Å². The lowest BCUT2D eigenvalue weighted by Gasteiger charge is -1.96. The van der Waals surface area contributed by atoms with Crippen LogP contribution in [0.15, 0.2) is 66.7 Å². The summed E-state index contributed by atoms with van der Waals surface area (Å²) in [5.74, 6) is 0.869. The predicted molar refractivity (Wildman–Crippen MR) is 81.3 cm³/mol. The number of benzene rings is 2. The number of rotatable bonds is 2. The molecule has 0 aliphatic rings. The van der Waals surface area contributed by atoms with E-state index in [9.17, 15) is 0 Å². The smallest absolute Gasteiger partial charge is 0.154 e. The molecule has 0 unspecified atom stereocenters. The Kier molecular flexibility index (Phi) is 2.42. The number of nitrogens with zero attached hydrogens (tertiary/aromatic N) is 1. The first-order valence-electron chi connectivity index (χ1n) is 6.60. The van der Waals surface area contributed by atoms with Gasteiger partial charge in [0.05, 0.1) is 16.7 Å². The Morgan fingerprint density at radius 1 is 0.650 bits per heavy atom. The zero-order valence-corrected chi connectivity index (χ0v) is 10.8. The molecule has 96 valence electrons. The van der Waals surface area contributed by atoms with Crippen molar-refractivity contribution in [2.24, 2.45) is 0 Å². The first-order chi connectivity index (χ1) is 9.90. The summed E-state index contributed by atoms with van der Waals surface area (Å²) in [5, 5.41) is 0. The lowest BCUT2D eigenvalue weighted by Crippen LogP contribution is -1.81. The summed E-state index contributed by atoms with van der Waals surface area (Å²) < 4.78 is 0. The van der Waals surface area contributed by atoms with E-state index in [0.29, 0.717) is 0 Å². The molecular formula is C17H13N3. The maximum Gasteiger partial charge on any atom is 0.154 e. The number of aromatic nitrogens is 3. The van der Waals surface area contributed by atoms with Gasteiger partial charge in [0.2, 0.25) is 0 Å². The second kappa shape index (κ2) is 4.38. The molecule has 20 heavy (non-hydrogen) atoms. The van der Waals surface area contributed by atoms with E-state index >= 15 is 0 Å². The van der Waals surface area contributed by atoms with E-state index in [2.05, 4.69) is 39.2 Å². The summed E-state index contributed by atoms with van der Waals surface area (Å²) in [6, 6.07) is 22.5. The molecule has 0 aliphatic carbocycles. The van der Waals surface area contributed by atoms with Gasteiger partial charge in [0.25, 0.3) is 0 Å². The van der Waals surface area contributed by atoms with Crippen molar-refractivity contribution in [3.05, 3.63) is 66.7 Å². The fourth-order valence-electron chi connectivity index (χ4n) is 2.40. The number of para-hydroxylation sites is 2. The van der Waals surface area contributed by atoms with Crippen molar-refractivity contribution in [3.8, 4) is 22.8 Å². The van der Waals surface area contributed by atoms with E-state index in [1.807, 2.05) is 42.5 Å². The molecule has 0 bridgehead atoms. The minimum absolute atomic E-state index is 0.869. The molecule has 2 N–H and O–H groups in total. The highest BCUT2D eigenvalue weighted by Crippen LogP contribution is 2.24. The van der Waals surface area contributed by atoms with Gasteiger partial charge < -0.3 is 9.97 Å². The zero-order chi connectivity index (χ0) is 13.4. The SMILES string of the molecule is c1ccc(-c2ccc(-c3nc4ccccc4[nH]3)[nH]2)cc1. The summed E-state index contributed by atoms with van der Waals surface area (Å²) in [7, 11) is 0. The van der Waals surface area contributed by atoms with Gasteiger partial charge in [-0.15, -0.1) is 0 Å². The molecule has 2 aromatic heterocycles. The van der Waals surface area contributed by atoms with Crippen LogP contribution in [0.3, 0.4) is 0 Å². The summed E-state index contributed by atoms with van der Waals surface area (Å²) in [4.78, 5) is 11.4. The highest BCUT2D eigenvalue weighted by atomic mass is 15.0. The van der Waals surface area contributed by atoms with E-state index < -0.39 is 0 Å². The number of fused-ring (bicyclic) bond motifs is 1. The van der Waals surface area contributed by atoms with Gasteiger partial charge in [-0.05, 0) is 29.8 Å². The number of H-pyrrole nitrogens is 2. The van der Waals surface area contributed by atoms with Crippen molar-refractivity contribution in [2.75, 3.05) is 0 Å². The molecule has 2 aromatic carbocycles. The van der Waals surface area contributed by atoms with E-state index in [0.717, 1.165) is 28.2 Å². The van der Waals surface area contributed by atoms with Crippen molar-refractivity contribution in [2.45, 2.75) is 0 Å². The fraction of sp³-hybridized carbons (Fsp3) is 0. The normalized spacial score (nSPS) is 11.0. The quantitative estimate of drug-likeness (QED) is 0.556. The van der Waals surface area contributed by atoms with Crippen molar-refractivity contribution in [1.29, 1.82) is 0 Å². The molecule has 0 amide bonds. The Hall–Kier alpha value is -2.81. The van der Waals surface area contributed by atoms with Crippen molar-refractivity contribution in [3.63, 3.8) is 0 Å². The zero-order valence-electron chi connectivity index (χ0n) is 10.8. The molecule has 0 saturated heterocycles. The lowest BCUT2D eigenvalue weighted by molar-refractivity contribution is 1.27. The Labute approximate surface area is 116 Å². The number of imidazole rings is 1. The molecule has 3 nitrogen and oxygen atoms in total. The van der Waals surface area contributed by atoms with Crippen LogP contribution in [-0.2, 0) is 0 Å².